The normalized spacial score (nSPS) is 17.5. The maximum absolute atomic E-state index is 13.7. The second-order valence-corrected chi connectivity index (χ2v) is 8.77. The Labute approximate surface area is 183 Å². The lowest BCUT2D eigenvalue weighted by Crippen LogP contribution is -2.40. The van der Waals surface area contributed by atoms with Gasteiger partial charge in [-0.05, 0) is 29.2 Å². The van der Waals surface area contributed by atoms with E-state index in [0.717, 1.165) is 5.56 Å². The molecule has 1 fully saturated rings. The maximum Gasteiger partial charge on any atom is 0.282 e. The molecule has 6 nitrogen and oxygen atoms in total. The molecule has 0 unspecified atom stereocenters. The average Bonchev–Trinajstić information content (AvgIpc) is 3.03. The zero-order valence-electron chi connectivity index (χ0n) is 18.5. The van der Waals surface area contributed by atoms with Crippen LogP contribution >= 0.6 is 0 Å². The predicted octanol–water partition coefficient (Wildman–Crippen LogP) is 3.61. The lowest BCUT2D eigenvalue weighted by molar-refractivity contribution is -0.121. The fraction of sp³-hybridized carbons (Fsp3) is 0.360. The van der Waals surface area contributed by atoms with Crippen LogP contribution in [-0.4, -0.2) is 50.1 Å². The minimum absolute atomic E-state index is 0.0165. The molecule has 0 bridgehead atoms. The van der Waals surface area contributed by atoms with E-state index in [1.165, 1.54) is 4.90 Å². The zero-order valence-corrected chi connectivity index (χ0v) is 18.5. The van der Waals surface area contributed by atoms with Gasteiger partial charge in [0.25, 0.3) is 11.8 Å². The van der Waals surface area contributed by atoms with Gasteiger partial charge in [0.15, 0.2) is 0 Å². The molecule has 0 spiro atoms. The maximum atomic E-state index is 13.7. The number of nitrogens with zero attached hydrogens (tertiary/aromatic N) is 2. The number of hydrogen-bond donors (Lipinski definition) is 0. The van der Waals surface area contributed by atoms with E-state index in [1.807, 2.05) is 47.4 Å². The second kappa shape index (κ2) is 8.19. The van der Waals surface area contributed by atoms with Crippen molar-refractivity contribution < 1.29 is 19.1 Å². The molecule has 162 valence electrons. The molecule has 2 aromatic rings. The molecule has 31 heavy (non-hydrogen) atoms. The van der Waals surface area contributed by atoms with Crippen molar-refractivity contribution >= 4 is 23.1 Å². The summed E-state index contributed by atoms with van der Waals surface area (Å²) in [6, 6.07) is 15.0. The number of imide groups is 1. The van der Waals surface area contributed by atoms with E-state index in [4.69, 9.17) is 9.47 Å². The van der Waals surface area contributed by atoms with Crippen molar-refractivity contribution in [2.45, 2.75) is 26.2 Å². The first-order valence-electron chi connectivity index (χ1n) is 10.5. The summed E-state index contributed by atoms with van der Waals surface area (Å²) < 4.78 is 11.0. The summed E-state index contributed by atoms with van der Waals surface area (Å²) in [7, 11) is 1.57. The summed E-state index contributed by atoms with van der Waals surface area (Å²) >= 11 is 0. The predicted molar refractivity (Wildman–Crippen MR) is 120 cm³/mol. The highest BCUT2D eigenvalue weighted by Crippen LogP contribution is 2.38. The van der Waals surface area contributed by atoms with Crippen molar-refractivity contribution in [3.63, 3.8) is 0 Å². The third-order valence-corrected chi connectivity index (χ3v) is 5.75. The Balaban J connectivity index is 1.81. The van der Waals surface area contributed by atoms with Crippen LogP contribution in [0.3, 0.4) is 0 Å². The number of para-hydroxylation sites is 1. The van der Waals surface area contributed by atoms with Gasteiger partial charge in [0.2, 0.25) is 0 Å². The van der Waals surface area contributed by atoms with Crippen molar-refractivity contribution in [1.29, 1.82) is 0 Å². The van der Waals surface area contributed by atoms with Crippen molar-refractivity contribution in [3.05, 3.63) is 65.4 Å². The molecular weight excluding hydrogens is 392 g/mol. The van der Waals surface area contributed by atoms with E-state index in [2.05, 4.69) is 20.8 Å². The fourth-order valence-electron chi connectivity index (χ4n) is 4.04. The molecule has 0 N–H and O–H groups in total. The SMILES string of the molecule is COc1ccccc1C1=C(N2CCOCC2)C(=O)N(c2ccc(C(C)(C)C)cc2)C1=O. The van der Waals surface area contributed by atoms with Crippen LogP contribution in [0, 0.1) is 0 Å². The molecule has 0 aromatic heterocycles. The number of carbonyl (C=O) groups is 2. The van der Waals surface area contributed by atoms with Crippen LogP contribution in [-0.2, 0) is 19.7 Å². The van der Waals surface area contributed by atoms with Crippen LogP contribution in [0.25, 0.3) is 5.57 Å². The average molecular weight is 421 g/mol. The van der Waals surface area contributed by atoms with Crippen LogP contribution in [0.4, 0.5) is 5.69 Å². The van der Waals surface area contributed by atoms with Gasteiger partial charge in [0.1, 0.15) is 11.4 Å². The molecule has 2 heterocycles. The number of benzene rings is 2. The van der Waals surface area contributed by atoms with Crippen LogP contribution in [0.1, 0.15) is 31.9 Å². The Morgan fingerprint density at radius 1 is 0.903 bits per heavy atom. The first-order valence-corrected chi connectivity index (χ1v) is 10.5. The lowest BCUT2D eigenvalue weighted by atomic mass is 9.87. The lowest BCUT2D eigenvalue weighted by Gasteiger charge is -2.29. The summed E-state index contributed by atoms with van der Waals surface area (Å²) in [5.41, 5.74) is 3.11. The van der Waals surface area contributed by atoms with E-state index >= 15 is 0 Å². The molecule has 2 aromatic carbocycles. The Kier molecular flexibility index (Phi) is 5.58. The van der Waals surface area contributed by atoms with Crippen LogP contribution in [0.15, 0.2) is 54.2 Å². The van der Waals surface area contributed by atoms with Gasteiger partial charge in [-0.25, -0.2) is 4.90 Å². The molecule has 1 saturated heterocycles. The Bertz CT molecular complexity index is 1030. The molecule has 0 radical (unpaired) electrons. The van der Waals surface area contributed by atoms with Crippen LogP contribution in [0.2, 0.25) is 0 Å². The van der Waals surface area contributed by atoms with Crippen molar-refractivity contribution in [2.75, 3.05) is 38.3 Å². The summed E-state index contributed by atoms with van der Waals surface area (Å²) in [6.07, 6.45) is 0. The first kappa shape index (κ1) is 21.1. The Morgan fingerprint density at radius 3 is 2.16 bits per heavy atom. The van der Waals surface area contributed by atoms with Gasteiger partial charge in [-0.15, -0.1) is 0 Å². The van der Waals surface area contributed by atoms with Gasteiger partial charge in [-0.1, -0.05) is 51.1 Å². The van der Waals surface area contributed by atoms with E-state index in [1.54, 1.807) is 13.2 Å². The number of methoxy groups -OCH3 is 1. The monoisotopic (exact) mass is 420 g/mol. The molecule has 2 aliphatic rings. The largest absolute Gasteiger partial charge is 0.496 e. The number of ether oxygens (including phenoxy) is 2. The minimum atomic E-state index is -0.334. The topological polar surface area (TPSA) is 59.1 Å². The number of carbonyl (C=O) groups excluding carboxylic acids is 2. The smallest absolute Gasteiger partial charge is 0.282 e. The highest BCUT2D eigenvalue weighted by atomic mass is 16.5. The molecular formula is C25H28N2O4. The van der Waals surface area contributed by atoms with E-state index in [-0.39, 0.29) is 17.2 Å². The fourth-order valence-corrected chi connectivity index (χ4v) is 4.04. The van der Waals surface area contributed by atoms with Gasteiger partial charge in [0, 0.05) is 18.7 Å². The van der Waals surface area contributed by atoms with Gasteiger partial charge in [-0.2, -0.15) is 0 Å². The first-order chi connectivity index (χ1) is 14.8. The molecule has 0 aliphatic carbocycles. The molecule has 0 atom stereocenters. The van der Waals surface area contributed by atoms with Crippen molar-refractivity contribution in [3.8, 4) is 5.75 Å². The minimum Gasteiger partial charge on any atom is -0.496 e. The van der Waals surface area contributed by atoms with Crippen LogP contribution < -0.4 is 9.64 Å². The van der Waals surface area contributed by atoms with Gasteiger partial charge < -0.3 is 14.4 Å². The highest BCUT2D eigenvalue weighted by Gasteiger charge is 2.43. The number of morpholine rings is 1. The number of hydrogen-bond acceptors (Lipinski definition) is 5. The molecule has 2 amide bonds. The molecule has 2 aliphatic heterocycles. The number of anilines is 1. The van der Waals surface area contributed by atoms with Crippen LogP contribution in [0.5, 0.6) is 5.75 Å². The molecule has 4 rings (SSSR count). The van der Waals surface area contributed by atoms with Gasteiger partial charge in [-0.3, -0.25) is 9.59 Å². The summed E-state index contributed by atoms with van der Waals surface area (Å²) in [5, 5.41) is 0. The number of amides is 2. The summed E-state index contributed by atoms with van der Waals surface area (Å²) in [6.45, 7) is 8.55. The van der Waals surface area contributed by atoms with E-state index in [0.29, 0.717) is 54.6 Å². The quantitative estimate of drug-likeness (QED) is 0.708. The molecule has 6 heteroatoms. The van der Waals surface area contributed by atoms with E-state index < -0.39 is 0 Å². The Morgan fingerprint density at radius 2 is 1.55 bits per heavy atom. The zero-order chi connectivity index (χ0) is 22.2. The standard InChI is InChI=1S/C25H28N2O4/c1-25(2,3)17-9-11-18(12-10-17)27-23(28)21(19-7-5-6-8-20(19)30-4)22(24(27)29)26-13-15-31-16-14-26/h5-12H,13-16H2,1-4H3. The van der Waals surface area contributed by atoms with Crippen molar-refractivity contribution in [2.24, 2.45) is 0 Å². The van der Waals surface area contributed by atoms with Gasteiger partial charge in [0.05, 0.1) is 31.6 Å². The third-order valence-electron chi connectivity index (χ3n) is 5.75. The second-order valence-electron chi connectivity index (χ2n) is 8.77. The van der Waals surface area contributed by atoms with E-state index in [9.17, 15) is 9.59 Å². The molecule has 0 saturated carbocycles. The number of rotatable bonds is 4. The summed E-state index contributed by atoms with van der Waals surface area (Å²) in [4.78, 5) is 30.5. The highest BCUT2D eigenvalue weighted by molar-refractivity contribution is 6.45. The van der Waals surface area contributed by atoms with Gasteiger partial charge >= 0.3 is 0 Å². The van der Waals surface area contributed by atoms with Crippen molar-refractivity contribution in [1.82, 2.24) is 4.90 Å². The Hall–Kier alpha value is -3.12. The third kappa shape index (κ3) is 3.83. The summed E-state index contributed by atoms with van der Waals surface area (Å²) in [5.74, 6) is -0.0786.